The number of nitrogens with zero attached hydrogens (tertiary/aromatic N) is 2. The van der Waals surface area contributed by atoms with Gasteiger partial charge in [0, 0.05) is 35.4 Å². The molecule has 1 aliphatic rings. The first kappa shape index (κ1) is 24.9. The van der Waals surface area contributed by atoms with E-state index < -0.39 is 15.6 Å². The molecule has 1 aliphatic carbocycles. The number of rotatable bonds is 6. The Balaban J connectivity index is 1.56. The van der Waals surface area contributed by atoms with E-state index in [1.165, 1.54) is 48.5 Å². The summed E-state index contributed by atoms with van der Waals surface area (Å²) in [4.78, 5) is 48.2. The van der Waals surface area contributed by atoms with Crippen molar-refractivity contribution in [3.8, 4) is 0 Å². The summed E-state index contributed by atoms with van der Waals surface area (Å²) in [6, 6.07) is 17.2. The Hall–Kier alpha value is -4.80. The summed E-state index contributed by atoms with van der Waals surface area (Å²) in [7, 11) is 0. The molecule has 0 saturated carbocycles. The molecule has 5 rings (SSSR count). The van der Waals surface area contributed by atoms with Gasteiger partial charge in [-0.25, -0.2) is 0 Å². The molecular weight excluding hydrogens is 535 g/mol. The highest BCUT2D eigenvalue weighted by Gasteiger charge is 2.34. The number of non-ortho nitro benzene ring substituents is 2. The molecular formula is C26H14Cl2N4O6. The number of nitro groups is 2. The van der Waals surface area contributed by atoms with Crippen molar-refractivity contribution in [2.45, 2.75) is 0 Å². The third kappa shape index (κ3) is 4.32. The third-order valence-electron chi connectivity index (χ3n) is 5.94. The number of hydrogen-bond donors (Lipinski definition) is 2. The lowest BCUT2D eigenvalue weighted by molar-refractivity contribution is -0.385. The monoisotopic (exact) mass is 548 g/mol. The molecule has 38 heavy (non-hydrogen) atoms. The minimum absolute atomic E-state index is 0.0574. The van der Waals surface area contributed by atoms with Gasteiger partial charge in [-0.1, -0.05) is 47.5 Å². The Bertz CT molecular complexity index is 1580. The average Bonchev–Trinajstić information content (AvgIpc) is 2.89. The molecule has 4 aromatic rings. The Morgan fingerprint density at radius 3 is 1.37 bits per heavy atom. The summed E-state index contributed by atoms with van der Waals surface area (Å²) in [6.45, 7) is 0. The second kappa shape index (κ2) is 9.58. The molecule has 0 radical (unpaired) electrons. The number of carbonyl (C=O) groups excluding carboxylic acids is 2. The van der Waals surface area contributed by atoms with Gasteiger partial charge < -0.3 is 10.6 Å². The van der Waals surface area contributed by atoms with Crippen molar-refractivity contribution in [3.05, 3.63) is 125 Å². The van der Waals surface area contributed by atoms with E-state index in [9.17, 15) is 29.8 Å². The van der Waals surface area contributed by atoms with Crippen molar-refractivity contribution in [3.63, 3.8) is 0 Å². The quantitative estimate of drug-likeness (QED) is 0.169. The fourth-order valence-corrected chi connectivity index (χ4v) is 4.62. The molecule has 0 unspecified atom stereocenters. The standard InChI is InChI=1S/C26H14Cl2N4O6/c27-17-11-13(31(35)36)7-9-19(17)29-21-5-1-3-15-23(21)26(34)24-16(25(15)33)4-2-6-22(24)30-20-10-8-14(32(37)38)12-18(20)28/h1-12,29-30H. The molecule has 10 nitrogen and oxygen atoms in total. The smallest absolute Gasteiger partial charge is 0.271 e. The van der Waals surface area contributed by atoms with Gasteiger partial charge in [0.15, 0.2) is 11.6 Å². The largest absolute Gasteiger partial charge is 0.354 e. The number of halogens is 2. The van der Waals surface area contributed by atoms with Crippen LogP contribution in [0.1, 0.15) is 31.8 Å². The summed E-state index contributed by atoms with van der Waals surface area (Å²) < 4.78 is 0. The number of nitrogens with one attached hydrogen (secondary N) is 2. The summed E-state index contributed by atoms with van der Waals surface area (Å²) >= 11 is 12.5. The highest BCUT2D eigenvalue weighted by Crippen LogP contribution is 2.39. The van der Waals surface area contributed by atoms with Gasteiger partial charge >= 0.3 is 0 Å². The molecule has 12 heteroatoms. The lowest BCUT2D eigenvalue weighted by Gasteiger charge is -2.23. The SMILES string of the molecule is O=C1c2cccc(Nc3ccc([N+](=O)[O-])cc3Cl)c2C(=O)c2c(Nc3ccc([N+](=O)[O-])cc3Cl)cccc21. The summed E-state index contributed by atoms with van der Waals surface area (Å²) in [5.74, 6) is -0.844. The Morgan fingerprint density at radius 1 is 0.579 bits per heavy atom. The van der Waals surface area contributed by atoms with E-state index >= 15 is 0 Å². The highest BCUT2D eigenvalue weighted by atomic mass is 35.5. The van der Waals surface area contributed by atoms with Crippen LogP contribution >= 0.6 is 23.2 Å². The Labute approximate surface area is 224 Å². The van der Waals surface area contributed by atoms with E-state index in [0.717, 1.165) is 0 Å². The molecule has 2 N–H and O–H groups in total. The lowest BCUT2D eigenvalue weighted by Crippen LogP contribution is -2.23. The van der Waals surface area contributed by atoms with Crippen LogP contribution in [0.3, 0.4) is 0 Å². The molecule has 0 saturated heterocycles. The van der Waals surface area contributed by atoms with Crippen LogP contribution in [0, 0.1) is 20.2 Å². The maximum atomic E-state index is 13.9. The van der Waals surface area contributed by atoms with E-state index in [2.05, 4.69) is 10.6 Å². The highest BCUT2D eigenvalue weighted by molar-refractivity contribution is 6.35. The summed E-state index contributed by atoms with van der Waals surface area (Å²) in [6.07, 6.45) is 0. The minimum Gasteiger partial charge on any atom is -0.354 e. The van der Waals surface area contributed by atoms with Gasteiger partial charge in [0.2, 0.25) is 0 Å². The molecule has 0 atom stereocenters. The van der Waals surface area contributed by atoms with Crippen molar-refractivity contribution >= 4 is 68.9 Å². The number of hydrogen-bond acceptors (Lipinski definition) is 8. The number of carbonyl (C=O) groups is 2. The predicted molar refractivity (Wildman–Crippen MR) is 143 cm³/mol. The topological polar surface area (TPSA) is 144 Å². The fraction of sp³-hybridized carbons (Fsp3) is 0. The maximum Gasteiger partial charge on any atom is 0.271 e. The molecule has 0 fully saturated rings. The van der Waals surface area contributed by atoms with Crippen LogP contribution in [-0.4, -0.2) is 21.4 Å². The van der Waals surface area contributed by atoms with E-state index in [1.807, 2.05) is 0 Å². The van der Waals surface area contributed by atoms with Crippen LogP contribution in [0.5, 0.6) is 0 Å². The lowest BCUT2D eigenvalue weighted by atomic mass is 9.82. The Kier molecular flexibility index (Phi) is 6.27. The van der Waals surface area contributed by atoms with Crippen LogP contribution in [0.2, 0.25) is 10.0 Å². The van der Waals surface area contributed by atoms with Crippen molar-refractivity contribution in [1.82, 2.24) is 0 Å². The predicted octanol–water partition coefficient (Wildman–Crippen LogP) is 7.07. The van der Waals surface area contributed by atoms with E-state index in [-0.39, 0.29) is 60.8 Å². The summed E-state index contributed by atoms with van der Waals surface area (Å²) in [5, 5.41) is 28.2. The van der Waals surface area contributed by atoms with Crippen molar-refractivity contribution < 1.29 is 19.4 Å². The second-order valence-electron chi connectivity index (χ2n) is 8.21. The third-order valence-corrected chi connectivity index (χ3v) is 6.56. The maximum absolute atomic E-state index is 13.9. The van der Waals surface area contributed by atoms with Gasteiger partial charge in [-0.15, -0.1) is 0 Å². The van der Waals surface area contributed by atoms with Crippen LogP contribution in [0.15, 0.2) is 72.8 Å². The zero-order valence-electron chi connectivity index (χ0n) is 19.0. The first-order chi connectivity index (χ1) is 18.2. The number of ketones is 2. The number of benzene rings is 4. The van der Waals surface area contributed by atoms with Gasteiger partial charge in [-0.3, -0.25) is 29.8 Å². The molecule has 0 bridgehead atoms. The first-order valence-corrected chi connectivity index (χ1v) is 11.7. The van der Waals surface area contributed by atoms with Crippen molar-refractivity contribution in [2.75, 3.05) is 10.6 Å². The molecule has 188 valence electrons. The average molecular weight is 549 g/mol. The number of anilines is 4. The molecule has 0 amide bonds. The molecule has 0 spiro atoms. The van der Waals surface area contributed by atoms with Crippen molar-refractivity contribution in [1.29, 1.82) is 0 Å². The van der Waals surface area contributed by atoms with Crippen LogP contribution < -0.4 is 10.6 Å². The van der Waals surface area contributed by atoms with Gasteiger partial charge in [0.1, 0.15) is 0 Å². The zero-order chi connectivity index (χ0) is 27.1. The Morgan fingerprint density at radius 2 is 1.00 bits per heavy atom. The molecule has 4 aromatic carbocycles. The molecule has 0 aromatic heterocycles. The second-order valence-corrected chi connectivity index (χ2v) is 9.02. The van der Waals surface area contributed by atoms with Gasteiger partial charge in [-0.2, -0.15) is 0 Å². The van der Waals surface area contributed by atoms with E-state index in [4.69, 9.17) is 23.2 Å². The van der Waals surface area contributed by atoms with Gasteiger partial charge in [0.25, 0.3) is 11.4 Å². The summed E-state index contributed by atoms with van der Waals surface area (Å²) in [5.41, 5.74) is 1.34. The van der Waals surface area contributed by atoms with Crippen molar-refractivity contribution in [2.24, 2.45) is 0 Å². The molecule has 0 heterocycles. The van der Waals surface area contributed by atoms with Crippen LogP contribution in [-0.2, 0) is 0 Å². The van der Waals surface area contributed by atoms with E-state index in [1.54, 1.807) is 24.3 Å². The van der Waals surface area contributed by atoms with Gasteiger partial charge in [0.05, 0.1) is 53.8 Å². The molecule has 0 aliphatic heterocycles. The zero-order valence-corrected chi connectivity index (χ0v) is 20.5. The minimum atomic E-state index is -0.578. The number of nitro benzene ring substituents is 2. The first-order valence-electron chi connectivity index (χ1n) is 10.9. The van der Waals surface area contributed by atoms with Crippen LogP contribution in [0.25, 0.3) is 0 Å². The fourth-order valence-electron chi connectivity index (χ4n) is 4.18. The number of fused-ring (bicyclic) bond motifs is 2. The van der Waals surface area contributed by atoms with Crippen LogP contribution in [0.4, 0.5) is 34.1 Å². The van der Waals surface area contributed by atoms with Gasteiger partial charge in [-0.05, 0) is 24.3 Å². The normalized spacial score (nSPS) is 11.9. The van der Waals surface area contributed by atoms with E-state index in [0.29, 0.717) is 11.4 Å².